The molecule has 2 aliphatic rings. The first-order valence-electron chi connectivity index (χ1n) is 8.10. The van der Waals surface area contributed by atoms with Gasteiger partial charge in [0.2, 0.25) is 10.0 Å². The maximum absolute atomic E-state index is 12.2. The Bertz CT molecular complexity index is 400. The van der Waals surface area contributed by atoms with Gasteiger partial charge in [-0.15, -0.1) is 0 Å². The molecule has 0 bridgehead atoms. The Labute approximate surface area is 124 Å². The molecule has 0 spiro atoms. The summed E-state index contributed by atoms with van der Waals surface area (Å²) in [6.45, 7) is 5.97. The van der Waals surface area contributed by atoms with Crippen LogP contribution in [0.4, 0.5) is 0 Å². The average molecular weight is 302 g/mol. The Morgan fingerprint density at radius 1 is 1.15 bits per heavy atom. The molecule has 1 aliphatic heterocycles. The molecule has 1 saturated carbocycles. The molecule has 0 aromatic carbocycles. The number of sulfonamides is 1. The SMILES string of the molecule is CC1(C)CCCNC1CNS(=O)(=O)CC1CCCCC1. The van der Waals surface area contributed by atoms with Crippen molar-refractivity contribution in [2.24, 2.45) is 11.3 Å². The van der Waals surface area contributed by atoms with Crippen molar-refractivity contribution in [1.29, 1.82) is 0 Å². The summed E-state index contributed by atoms with van der Waals surface area (Å²) in [7, 11) is -3.12. The maximum Gasteiger partial charge on any atom is 0.211 e. The maximum atomic E-state index is 12.2. The first kappa shape index (κ1) is 16.2. The second kappa shape index (κ2) is 6.75. The van der Waals surface area contributed by atoms with E-state index in [1.807, 2.05) is 0 Å². The molecule has 118 valence electrons. The molecule has 0 amide bonds. The van der Waals surface area contributed by atoms with Crippen LogP contribution >= 0.6 is 0 Å². The topological polar surface area (TPSA) is 58.2 Å². The van der Waals surface area contributed by atoms with Gasteiger partial charge < -0.3 is 5.32 Å². The predicted octanol–water partition coefficient (Wildman–Crippen LogP) is 2.26. The van der Waals surface area contributed by atoms with Crippen LogP contribution in [0.2, 0.25) is 0 Å². The van der Waals surface area contributed by atoms with Crippen LogP contribution in [0, 0.1) is 11.3 Å². The Morgan fingerprint density at radius 2 is 1.85 bits per heavy atom. The first-order valence-corrected chi connectivity index (χ1v) is 9.75. The van der Waals surface area contributed by atoms with Crippen LogP contribution in [-0.2, 0) is 10.0 Å². The Hall–Kier alpha value is -0.130. The zero-order chi connectivity index (χ0) is 14.6. The standard InChI is InChI=1S/C15H30N2O2S/c1-15(2)9-6-10-16-14(15)11-17-20(18,19)12-13-7-4-3-5-8-13/h13-14,16-17H,3-12H2,1-2H3. The van der Waals surface area contributed by atoms with Gasteiger partial charge in [0.15, 0.2) is 0 Å². The smallest absolute Gasteiger partial charge is 0.211 e. The van der Waals surface area contributed by atoms with E-state index in [0.29, 0.717) is 18.2 Å². The van der Waals surface area contributed by atoms with E-state index in [9.17, 15) is 8.42 Å². The molecule has 1 saturated heterocycles. The number of nitrogens with one attached hydrogen (secondary N) is 2. The van der Waals surface area contributed by atoms with Gasteiger partial charge in [-0.2, -0.15) is 0 Å². The minimum absolute atomic E-state index is 0.172. The summed E-state index contributed by atoms with van der Waals surface area (Å²) in [5.74, 6) is 0.689. The van der Waals surface area contributed by atoms with Gasteiger partial charge in [-0.25, -0.2) is 13.1 Å². The lowest BCUT2D eigenvalue weighted by Gasteiger charge is -2.39. The highest BCUT2D eigenvalue weighted by Gasteiger charge is 2.32. The summed E-state index contributed by atoms with van der Waals surface area (Å²) >= 11 is 0. The van der Waals surface area contributed by atoms with Gasteiger partial charge in [-0.05, 0) is 43.6 Å². The summed E-state index contributed by atoms with van der Waals surface area (Å²) in [6, 6.07) is 0.248. The minimum atomic E-state index is -3.12. The van der Waals surface area contributed by atoms with Gasteiger partial charge in [0.1, 0.15) is 0 Å². The summed E-state index contributed by atoms with van der Waals surface area (Å²) in [5.41, 5.74) is 0.172. The van der Waals surface area contributed by atoms with E-state index in [2.05, 4.69) is 23.9 Å². The van der Waals surface area contributed by atoms with Crippen LogP contribution in [0.3, 0.4) is 0 Å². The Balaban J connectivity index is 1.82. The lowest BCUT2D eigenvalue weighted by atomic mass is 9.78. The summed E-state index contributed by atoms with van der Waals surface area (Å²) in [6.07, 6.45) is 8.15. The molecule has 2 N–H and O–H groups in total. The molecule has 1 atom stereocenters. The minimum Gasteiger partial charge on any atom is -0.312 e. The van der Waals surface area contributed by atoms with Crippen molar-refractivity contribution < 1.29 is 8.42 Å². The molecule has 20 heavy (non-hydrogen) atoms. The highest BCUT2D eigenvalue weighted by Crippen LogP contribution is 2.30. The van der Waals surface area contributed by atoms with Crippen LogP contribution in [0.1, 0.15) is 58.8 Å². The fourth-order valence-corrected chi connectivity index (χ4v) is 5.05. The van der Waals surface area contributed by atoms with Crippen LogP contribution in [-0.4, -0.2) is 33.3 Å². The molecule has 1 unspecified atom stereocenters. The number of hydrogen-bond acceptors (Lipinski definition) is 3. The largest absolute Gasteiger partial charge is 0.312 e. The van der Waals surface area contributed by atoms with Crippen LogP contribution in [0.25, 0.3) is 0 Å². The molecule has 2 rings (SSSR count). The third-order valence-corrected chi connectivity index (χ3v) is 6.54. The molecule has 1 aliphatic carbocycles. The van der Waals surface area contributed by atoms with E-state index in [1.165, 1.54) is 25.7 Å². The number of piperidine rings is 1. The van der Waals surface area contributed by atoms with Crippen LogP contribution in [0.15, 0.2) is 0 Å². The van der Waals surface area contributed by atoms with Crippen molar-refractivity contribution >= 4 is 10.0 Å². The van der Waals surface area contributed by atoms with Crippen molar-refractivity contribution in [2.45, 2.75) is 64.8 Å². The molecule has 4 nitrogen and oxygen atoms in total. The Morgan fingerprint density at radius 3 is 2.50 bits per heavy atom. The Kier molecular flexibility index (Phi) is 5.49. The number of hydrogen-bond donors (Lipinski definition) is 2. The molecule has 0 radical (unpaired) electrons. The molecule has 1 heterocycles. The predicted molar refractivity (Wildman–Crippen MR) is 83.2 cm³/mol. The third-order valence-electron chi connectivity index (χ3n) is 5.02. The van der Waals surface area contributed by atoms with Crippen molar-refractivity contribution in [1.82, 2.24) is 10.0 Å². The molecular formula is C15H30N2O2S. The van der Waals surface area contributed by atoms with E-state index < -0.39 is 10.0 Å². The van der Waals surface area contributed by atoms with Crippen molar-refractivity contribution in [3.8, 4) is 0 Å². The van der Waals surface area contributed by atoms with Crippen molar-refractivity contribution in [3.63, 3.8) is 0 Å². The zero-order valence-corrected chi connectivity index (χ0v) is 13.8. The second-order valence-electron chi connectivity index (χ2n) is 7.23. The number of rotatable bonds is 5. The van der Waals surface area contributed by atoms with Gasteiger partial charge >= 0.3 is 0 Å². The summed E-state index contributed by atoms with van der Waals surface area (Å²) in [4.78, 5) is 0. The van der Waals surface area contributed by atoms with Gasteiger partial charge in [0.25, 0.3) is 0 Å². The normalized spacial score (nSPS) is 28.4. The highest BCUT2D eigenvalue weighted by atomic mass is 32.2. The van der Waals surface area contributed by atoms with Gasteiger partial charge in [0, 0.05) is 12.6 Å². The van der Waals surface area contributed by atoms with Gasteiger partial charge in [0.05, 0.1) is 5.75 Å². The fourth-order valence-electron chi connectivity index (χ4n) is 3.55. The average Bonchev–Trinajstić information content (AvgIpc) is 2.37. The molecule has 0 aromatic rings. The zero-order valence-electron chi connectivity index (χ0n) is 13.0. The molecule has 0 aromatic heterocycles. The monoisotopic (exact) mass is 302 g/mol. The quantitative estimate of drug-likeness (QED) is 0.819. The first-order chi connectivity index (χ1) is 9.39. The fraction of sp³-hybridized carbons (Fsp3) is 1.00. The van der Waals surface area contributed by atoms with E-state index in [0.717, 1.165) is 25.8 Å². The lowest BCUT2D eigenvalue weighted by Crippen LogP contribution is -2.53. The van der Waals surface area contributed by atoms with Gasteiger partial charge in [-0.1, -0.05) is 33.1 Å². The van der Waals surface area contributed by atoms with E-state index in [1.54, 1.807) is 0 Å². The lowest BCUT2D eigenvalue weighted by molar-refractivity contribution is 0.181. The molecule has 2 fully saturated rings. The van der Waals surface area contributed by atoms with E-state index >= 15 is 0 Å². The summed E-state index contributed by atoms with van der Waals surface area (Å²) in [5, 5.41) is 3.46. The van der Waals surface area contributed by atoms with Gasteiger partial charge in [-0.3, -0.25) is 0 Å². The second-order valence-corrected chi connectivity index (χ2v) is 9.08. The van der Waals surface area contributed by atoms with Crippen LogP contribution < -0.4 is 10.0 Å². The third kappa shape index (κ3) is 4.71. The molecule has 5 heteroatoms. The highest BCUT2D eigenvalue weighted by molar-refractivity contribution is 7.89. The van der Waals surface area contributed by atoms with Crippen molar-refractivity contribution in [2.75, 3.05) is 18.8 Å². The molecular weight excluding hydrogens is 272 g/mol. The van der Waals surface area contributed by atoms with E-state index in [4.69, 9.17) is 0 Å². The van der Waals surface area contributed by atoms with Crippen molar-refractivity contribution in [3.05, 3.63) is 0 Å². The van der Waals surface area contributed by atoms with E-state index in [-0.39, 0.29) is 11.5 Å². The van der Waals surface area contributed by atoms with Crippen LogP contribution in [0.5, 0.6) is 0 Å². The summed E-state index contributed by atoms with van der Waals surface area (Å²) < 4.78 is 27.3.